The standard InChI is InChI=1S/C25H24F3N5O3/c1-31(21-10-12-29-13-11-21)20-6-2-18(3-7-20)23(34)32-14-16-33(17-15-32)24(35)30-19-4-8-22(9-5-19)36-25(26,27)28/h2-13H,14-17H2,1H3,(H,30,35). The fraction of sp³-hybridized carbons (Fsp3) is 0.240. The number of hydrogen-bond donors (Lipinski definition) is 1. The van der Waals surface area contributed by atoms with Gasteiger partial charge in [0.25, 0.3) is 5.91 Å². The average molecular weight is 499 g/mol. The van der Waals surface area contributed by atoms with Crippen molar-refractivity contribution in [1.29, 1.82) is 0 Å². The summed E-state index contributed by atoms with van der Waals surface area (Å²) in [6.07, 6.45) is -1.35. The lowest BCUT2D eigenvalue weighted by Gasteiger charge is -2.34. The number of piperazine rings is 1. The normalized spacial score (nSPS) is 13.8. The number of urea groups is 1. The van der Waals surface area contributed by atoms with E-state index in [1.54, 1.807) is 34.3 Å². The maximum absolute atomic E-state index is 12.9. The van der Waals surface area contributed by atoms with Crippen LogP contribution in [0.5, 0.6) is 5.75 Å². The summed E-state index contributed by atoms with van der Waals surface area (Å²) in [6.45, 7) is 1.39. The molecule has 188 valence electrons. The van der Waals surface area contributed by atoms with Gasteiger partial charge in [0.2, 0.25) is 0 Å². The number of benzene rings is 2. The third kappa shape index (κ3) is 6.23. The molecule has 0 saturated carbocycles. The maximum atomic E-state index is 12.9. The molecule has 3 amide bonds. The first kappa shape index (κ1) is 24.8. The fourth-order valence-electron chi connectivity index (χ4n) is 3.78. The van der Waals surface area contributed by atoms with Gasteiger partial charge in [0.05, 0.1) is 0 Å². The molecule has 3 aromatic rings. The molecule has 0 spiro atoms. The van der Waals surface area contributed by atoms with Crippen molar-refractivity contribution in [2.75, 3.05) is 43.4 Å². The third-order valence-electron chi connectivity index (χ3n) is 5.74. The van der Waals surface area contributed by atoms with Crippen LogP contribution in [0, 0.1) is 0 Å². The van der Waals surface area contributed by atoms with E-state index in [0.29, 0.717) is 37.4 Å². The van der Waals surface area contributed by atoms with E-state index in [1.807, 2.05) is 36.2 Å². The maximum Gasteiger partial charge on any atom is 0.573 e. The van der Waals surface area contributed by atoms with Crippen LogP contribution in [-0.2, 0) is 0 Å². The summed E-state index contributed by atoms with van der Waals surface area (Å²) in [6, 6.07) is 15.6. The number of nitrogens with zero attached hydrogens (tertiary/aromatic N) is 4. The fourth-order valence-corrected chi connectivity index (χ4v) is 3.78. The monoisotopic (exact) mass is 499 g/mol. The van der Waals surface area contributed by atoms with E-state index in [4.69, 9.17) is 0 Å². The van der Waals surface area contributed by atoms with E-state index in [0.717, 1.165) is 23.5 Å². The van der Waals surface area contributed by atoms with Gasteiger partial charge < -0.3 is 24.8 Å². The highest BCUT2D eigenvalue weighted by molar-refractivity contribution is 5.95. The summed E-state index contributed by atoms with van der Waals surface area (Å²) in [4.78, 5) is 34.7. The van der Waals surface area contributed by atoms with Gasteiger partial charge in [-0.2, -0.15) is 0 Å². The Bertz CT molecular complexity index is 1180. The lowest BCUT2D eigenvalue weighted by molar-refractivity contribution is -0.274. The number of nitrogens with one attached hydrogen (secondary N) is 1. The molecule has 1 saturated heterocycles. The summed E-state index contributed by atoms with van der Waals surface area (Å²) in [5.74, 6) is -0.488. The van der Waals surface area contributed by atoms with Crippen LogP contribution in [-0.4, -0.2) is 66.3 Å². The molecule has 0 atom stereocenters. The highest BCUT2D eigenvalue weighted by Crippen LogP contribution is 2.25. The van der Waals surface area contributed by atoms with E-state index in [9.17, 15) is 22.8 Å². The average Bonchev–Trinajstić information content (AvgIpc) is 2.89. The zero-order chi connectivity index (χ0) is 25.7. The van der Waals surface area contributed by atoms with E-state index in [2.05, 4.69) is 15.0 Å². The number of alkyl halides is 3. The smallest absolute Gasteiger partial charge is 0.406 e. The molecule has 1 aliphatic rings. The van der Waals surface area contributed by atoms with Crippen molar-refractivity contribution in [2.45, 2.75) is 6.36 Å². The molecular formula is C25H24F3N5O3. The number of rotatable bonds is 5. The molecule has 8 nitrogen and oxygen atoms in total. The lowest BCUT2D eigenvalue weighted by atomic mass is 10.1. The molecule has 0 bridgehead atoms. The second kappa shape index (κ2) is 10.5. The largest absolute Gasteiger partial charge is 0.573 e. The first-order chi connectivity index (χ1) is 17.2. The van der Waals surface area contributed by atoms with Crippen LogP contribution in [0.25, 0.3) is 0 Å². The van der Waals surface area contributed by atoms with Gasteiger partial charge >= 0.3 is 12.4 Å². The highest BCUT2D eigenvalue weighted by Gasteiger charge is 2.31. The summed E-state index contributed by atoms with van der Waals surface area (Å²) in [5.41, 5.74) is 2.80. The minimum atomic E-state index is -4.78. The summed E-state index contributed by atoms with van der Waals surface area (Å²) in [5, 5.41) is 2.65. The van der Waals surface area contributed by atoms with Gasteiger partial charge in [0, 0.05) is 68.2 Å². The zero-order valence-electron chi connectivity index (χ0n) is 19.4. The highest BCUT2D eigenvalue weighted by atomic mass is 19.4. The quantitative estimate of drug-likeness (QED) is 0.549. The molecule has 2 heterocycles. The van der Waals surface area contributed by atoms with Gasteiger partial charge in [-0.3, -0.25) is 9.78 Å². The molecule has 0 aliphatic carbocycles. The van der Waals surface area contributed by atoms with Gasteiger partial charge in [0.15, 0.2) is 0 Å². The van der Waals surface area contributed by atoms with Crippen LogP contribution in [0.1, 0.15) is 10.4 Å². The second-order valence-corrected chi connectivity index (χ2v) is 8.09. The molecule has 2 aromatic carbocycles. The number of carbonyl (C=O) groups excluding carboxylic acids is 2. The molecule has 11 heteroatoms. The van der Waals surface area contributed by atoms with Crippen molar-refractivity contribution in [3.63, 3.8) is 0 Å². The predicted octanol–water partition coefficient (Wildman–Crippen LogP) is 4.74. The van der Waals surface area contributed by atoms with E-state index >= 15 is 0 Å². The Hall–Kier alpha value is -4.28. The van der Waals surface area contributed by atoms with E-state index in [1.165, 1.54) is 12.1 Å². The SMILES string of the molecule is CN(c1ccncc1)c1ccc(C(=O)N2CCN(C(=O)Nc3ccc(OC(F)(F)F)cc3)CC2)cc1. The summed E-state index contributed by atoms with van der Waals surface area (Å²) >= 11 is 0. The zero-order valence-corrected chi connectivity index (χ0v) is 19.4. The Morgan fingerprint density at radius 1 is 0.861 bits per heavy atom. The molecule has 1 fully saturated rings. The Morgan fingerprint density at radius 2 is 1.42 bits per heavy atom. The van der Waals surface area contributed by atoms with Crippen LogP contribution in [0.2, 0.25) is 0 Å². The number of hydrogen-bond acceptors (Lipinski definition) is 5. The van der Waals surface area contributed by atoms with Crippen molar-refractivity contribution in [2.24, 2.45) is 0 Å². The number of carbonyl (C=O) groups is 2. The molecular weight excluding hydrogens is 475 g/mol. The van der Waals surface area contributed by atoms with Crippen LogP contribution in [0.15, 0.2) is 73.1 Å². The van der Waals surface area contributed by atoms with Crippen LogP contribution < -0.4 is 15.0 Å². The van der Waals surface area contributed by atoms with Gasteiger partial charge in [-0.1, -0.05) is 0 Å². The van der Waals surface area contributed by atoms with Gasteiger partial charge in [-0.25, -0.2) is 4.79 Å². The predicted molar refractivity (Wildman–Crippen MR) is 128 cm³/mol. The Morgan fingerprint density at radius 3 is 2.00 bits per heavy atom. The van der Waals surface area contributed by atoms with Gasteiger partial charge in [-0.05, 0) is 60.7 Å². The Labute approximate surface area is 205 Å². The number of ether oxygens (including phenoxy) is 1. The minimum Gasteiger partial charge on any atom is -0.406 e. The second-order valence-electron chi connectivity index (χ2n) is 8.09. The molecule has 36 heavy (non-hydrogen) atoms. The molecule has 0 unspecified atom stereocenters. The molecule has 1 N–H and O–H groups in total. The lowest BCUT2D eigenvalue weighted by Crippen LogP contribution is -2.51. The Balaban J connectivity index is 1.28. The summed E-state index contributed by atoms with van der Waals surface area (Å²) in [7, 11) is 1.93. The minimum absolute atomic E-state index is 0.117. The van der Waals surface area contributed by atoms with Gasteiger partial charge in [-0.15, -0.1) is 13.2 Å². The summed E-state index contributed by atoms with van der Waals surface area (Å²) < 4.78 is 40.6. The van der Waals surface area contributed by atoms with Crippen molar-refractivity contribution >= 4 is 29.0 Å². The van der Waals surface area contributed by atoms with Crippen molar-refractivity contribution in [3.05, 3.63) is 78.6 Å². The molecule has 4 rings (SSSR count). The topological polar surface area (TPSA) is 78.0 Å². The number of pyridine rings is 1. The first-order valence-corrected chi connectivity index (χ1v) is 11.1. The number of aromatic nitrogens is 1. The molecule has 1 aromatic heterocycles. The first-order valence-electron chi connectivity index (χ1n) is 11.1. The van der Waals surface area contributed by atoms with Crippen LogP contribution in [0.4, 0.5) is 35.0 Å². The third-order valence-corrected chi connectivity index (χ3v) is 5.74. The van der Waals surface area contributed by atoms with E-state index < -0.39 is 12.4 Å². The number of halogens is 3. The van der Waals surface area contributed by atoms with Crippen molar-refractivity contribution in [3.8, 4) is 5.75 Å². The number of anilines is 3. The van der Waals surface area contributed by atoms with Crippen molar-refractivity contribution in [1.82, 2.24) is 14.8 Å². The van der Waals surface area contributed by atoms with E-state index in [-0.39, 0.29) is 11.7 Å². The molecule has 0 radical (unpaired) electrons. The van der Waals surface area contributed by atoms with Crippen LogP contribution >= 0.6 is 0 Å². The van der Waals surface area contributed by atoms with Crippen LogP contribution in [0.3, 0.4) is 0 Å². The Kier molecular flexibility index (Phi) is 7.28. The van der Waals surface area contributed by atoms with Gasteiger partial charge in [0.1, 0.15) is 5.75 Å². The van der Waals surface area contributed by atoms with Crippen molar-refractivity contribution < 1.29 is 27.5 Å². The number of amides is 3. The molecule has 1 aliphatic heterocycles.